The summed E-state index contributed by atoms with van der Waals surface area (Å²) in [4.78, 5) is 31.9. The van der Waals surface area contributed by atoms with Gasteiger partial charge in [-0.15, -0.1) is 0 Å². The molecule has 1 saturated heterocycles. The van der Waals surface area contributed by atoms with Crippen molar-refractivity contribution in [2.75, 3.05) is 19.7 Å². The van der Waals surface area contributed by atoms with Gasteiger partial charge in [0.05, 0.1) is 24.1 Å². The van der Waals surface area contributed by atoms with Crippen LogP contribution in [0.15, 0.2) is 67.0 Å². The standard InChI is InChI=1S/C28H25FN2O4/c29-21-5-1-19(2-6-21)10-16-34-22-7-3-20(4-8-22)27(11-12-27)26(33)31-15-13-28(18-31)24-9-14-30-17-23(24)25(32)35-28/h1-9,14,17H,10-13,15-16,18H2. The van der Waals surface area contributed by atoms with Gasteiger partial charge in [0.25, 0.3) is 0 Å². The first kappa shape index (κ1) is 21.8. The highest BCUT2D eigenvalue weighted by molar-refractivity contribution is 5.95. The normalized spacial score (nSPS) is 21.6. The number of hydrogen-bond donors (Lipinski definition) is 0. The van der Waals surface area contributed by atoms with E-state index in [1.54, 1.807) is 24.5 Å². The van der Waals surface area contributed by atoms with Crippen LogP contribution in [0.3, 0.4) is 0 Å². The van der Waals surface area contributed by atoms with Gasteiger partial charge >= 0.3 is 5.97 Å². The number of nitrogens with zero attached hydrogens (tertiary/aromatic N) is 2. The SMILES string of the molecule is O=C1OC2(CCN(C(=O)C3(c4ccc(OCCc5ccc(F)cc5)cc4)CC3)C2)c2ccncc21. The Balaban J connectivity index is 1.11. The topological polar surface area (TPSA) is 68.7 Å². The molecule has 7 heteroatoms. The van der Waals surface area contributed by atoms with Gasteiger partial charge in [-0.1, -0.05) is 24.3 Å². The van der Waals surface area contributed by atoms with E-state index in [-0.39, 0.29) is 17.7 Å². The van der Waals surface area contributed by atoms with Gasteiger partial charge in [-0.05, 0) is 54.3 Å². The second-order valence-electron chi connectivity index (χ2n) is 9.61. The highest BCUT2D eigenvalue weighted by Gasteiger charge is 2.57. The first-order chi connectivity index (χ1) is 17.0. The molecule has 0 radical (unpaired) electrons. The molecule has 2 fully saturated rings. The zero-order valence-corrected chi connectivity index (χ0v) is 19.2. The van der Waals surface area contributed by atoms with Gasteiger partial charge in [0, 0.05) is 37.3 Å². The van der Waals surface area contributed by atoms with E-state index in [1.165, 1.54) is 12.1 Å². The Bertz CT molecular complexity index is 1290. The quantitative estimate of drug-likeness (QED) is 0.504. The molecule has 2 aliphatic heterocycles. The van der Waals surface area contributed by atoms with Gasteiger partial charge in [-0.3, -0.25) is 9.78 Å². The van der Waals surface area contributed by atoms with Crippen molar-refractivity contribution in [2.24, 2.45) is 0 Å². The molecule has 1 unspecified atom stereocenters. The Kier molecular flexibility index (Phi) is 5.09. The largest absolute Gasteiger partial charge is 0.493 e. The number of fused-ring (bicyclic) bond motifs is 2. The highest BCUT2D eigenvalue weighted by Crippen LogP contribution is 2.52. The summed E-state index contributed by atoms with van der Waals surface area (Å²) in [5.74, 6) is 0.225. The van der Waals surface area contributed by atoms with Crippen molar-refractivity contribution in [2.45, 2.75) is 36.7 Å². The third-order valence-corrected chi connectivity index (χ3v) is 7.48. The number of carbonyl (C=O) groups is 2. The zero-order valence-electron chi connectivity index (χ0n) is 19.2. The van der Waals surface area contributed by atoms with Crippen LogP contribution in [-0.2, 0) is 27.0 Å². The lowest BCUT2D eigenvalue weighted by atomic mass is 9.92. The van der Waals surface area contributed by atoms with Crippen LogP contribution in [0.1, 0.15) is 46.3 Å². The average molecular weight is 473 g/mol. The van der Waals surface area contributed by atoms with Crippen LogP contribution in [0.25, 0.3) is 0 Å². The van der Waals surface area contributed by atoms with Crippen LogP contribution in [0.5, 0.6) is 5.75 Å². The Morgan fingerprint density at radius 2 is 1.83 bits per heavy atom. The fraction of sp³-hybridized carbons (Fsp3) is 0.321. The molecule has 3 aromatic rings. The summed E-state index contributed by atoms with van der Waals surface area (Å²) in [7, 11) is 0. The van der Waals surface area contributed by atoms with Gasteiger partial charge < -0.3 is 14.4 Å². The Morgan fingerprint density at radius 1 is 1.06 bits per heavy atom. The maximum Gasteiger partial charge on any atom is 0.341 e. The van der Waals surface area contributed by atoms with Crippen molar-refractivity contribution in [1.29, 1.82) is 0 Å². The smallest absolute Gasteiger partial charge is 0.341 e. The maximum atomic E-state index is 13.6. The number of halogens is 1. The molecule has 178 valence electrons. The van der Waals surface area contributed by atoms with Crippen molar-refractivity contribution in [3.8, 4) is 5.75 Å². The van der Waals surface area contributed by atoms with Crippen molar-refractivity contribution in [1.82, 2.24) is 9.88 Å². The Morgan fingerprint density at radius 3 is 2.57 bits per heavy atom. The number of pyridine rings is 1. The predicted octanol–water partition coefficient (Wildman–Crippen LogP) is 4.17. The molecule has 1 saturated carbocycles. The van der Waals surface area contributed by atoms with Crippen molar-refractivity contribution >= 4 is 11.9 Å². The maximum absolute atomic E-state index is 13.6. The molecular formula is C28H25FN2O4. The second-order valence-corrected chi connectivity index (χ2v) is 9.61. The number of esters is 1. The number of aromatic nitrogens is 1. The number of carbonyl (C=O) groups excluding carboxylic acids is 2. The Labute approximate surface area is 202 Å². The van der Waals surface area contributed by atoms with E-state index in [0.29, 0.717) is 38.1 Å². The average Bonchev–Trinajstić information content (AvgIpc) is 3.51. The van der Waals surface area contributed by atoms with Gasteiger partial charge in [0.2, 0.25) is 5.91 Å². The van der Waals surface area contributed by atoms with Crippen molar-refractivity contribution in [3.63, 3.8) is 0 Å². The van der Waals surface area contributed by atoms with E-state index in [4.69, 9.17) is 9.47 Å². The van der Waals surface area contributed by atoms with E-state index in [0.717, 1.165) is 35.3 Å². The van der Waals surface area contributed by atoms with E-state index < -0.39 is 11.0 Å². The highest BCUT2D eigenvalue weighted by atomic mass is 19.1. The molecule has 2 aromatic carbocycles. The van der Waals surface area contributed by atoms with E-state index in [9.17, 15) is 14.0 Å². The second kappa shape index (κ2) is 8.18. The van der Waals surface area contributed by atoms with Crippen LogP contribution < -0.4 is 4.74 Å². The lowest BCUT2D eigenvalue weighted by Gasteiger charge is -2.27. The molecule has 1 aliphatic carbocycles. The number of rotatable bonds is 6. The van der Waals surface area contributed by atoms with E-state index in [2.05, 4.69) is 4.98 Å². The third kappa shape index (κ3) is 3.75. The summed E-state index contributed by atoms with van der Waals surface area (Å²) in [6, 6.07) is 16.0. The summed E-state index contributed by atoms with van der Waals surface area (Å²) in [6.45, 7) is 1.42. The molecule has 0 bridgehead atoms. The van der Waals surface area contributed by atoms with Crippen molar-refractivity contribution < 1.29 is 23.5 Å². The molecule has 1 spiro atoms. The number of benzene rings is 2. The molecule has 35 heavy (non-hydrogen) atoms. The van der Waals surface area contributed by atoms with Crippen LogP contribution in [0.4, 0.5) is 4.39 Å². The number of hydrogen-bond acceptors (Lipinski definition) is 5. The van der Waals surface area contributed by atoms with Gasteiger partial charge in [0.1, 0.15) is 11.6 Å². The number of amides is 1. The van der Waals surface area contributed by atoms with Crippen LogP contribution >= 0.6 is 0 Å². The minimum Gasteiger partial charge on any atom is -0.493 e. The minimum absolute atomic E-state index is 0.0953. The Hall–Kier alpha value is -3.74. The summed E-state index contributed by atoms with van der Waals surface area (Å²) < 4.78 is 24.7. The van der Waals surface area contributed by atoms with Crippen molar-refractivity contribution in [3.05, 3.63) is 95.1 Å². The summed E-state index contributed by atoms with van der Waals surface area (Å²) >= 11 is 0. The van der Waals surface area contributed by atoms with Crippen LogP contribution in [0, 0.1) is 5.82 Å². The molecular weight excluding hydrogens is 447 g/mol. The third-order valence-electron chi connectivity index (χ3n) is 7.48. The monoisotopic (exact) mass is 472 g/mol. The summed E-state index contributed by atoms with van der Waals surface area (Å²) in [6.07, 6.45) is 6.10. The van der Waals surface area contributed by atoms with Crippen LogP contribution in [0.2, 0.25) is 0 Å². The fourth-order valence-electron chi connectivity index (χ4n) is 5.36. The zero-order chi connectivity index (χ0) is 24.0. The molecule has 6 nitrogen and oxygen atoms in total. The molecule has 1 amide bonds. The van der Waals surface area contributed by atoms with E-state index in [1.807, 2.05) is 35.2 Å². The minimum atomic E-state index is -0.761. The van der Waals surface area contributed by atoms with E-state index >= 15 is 0 Å². The first-order valence-corrected chi connectivity index (χ1v) is 11.9. The number of likely N-dealkylation sites (tertiary alicyclic amines) is 1. The molecule has 0 N–H and O–H groups in total. The lowest BCUT2D eigenvalue weighted by Crippen LogP contribution is -2.40. The molecule has 6 rings (SSSR count). The van der Waals surface area contributed by atoms with Gasteiger partial charge in [0.15, 0.2) is 5.60 Å². The summed E-state index contributed by atoms with van der Waals surface area (Å²) in [5, 5.41) is 0. The lowest BCUT2D eigenvalue weighted by molar-refractivity contribution is -0.134. The molecule has 1 atom stereocenters. The fourth-order valence-corrected chi connectivity index (χ4v) is 5.36. The van der Waals surface area contributed by atoms with Crippen LogP contribution in [-0.4, -0.2) is 41.5 Å². The molecule has 3 heterocycles. The van der Waals surface area contributed by atoms with Gasteiger partial charge in [-0.2, -0.15) is 0 Å². The first-order valence-electron chi connectivity index (χ1n) is 11.9. The number of ether oxygens (including phenoxy) is 2. The molecule has 3 aliphatic rings. The summed E-state index contributed by atoms with van der Waals surface area (Å²) in [5.41, 5.74) is 2.06. The van der Waals surface area contributed by atoms with Gasteiger partial charge in [-0.25, -0.2) is 9.18 Å². The molecule has 1 aromatic heterocycles. The predicted molar refractivity (Wildman–Crippen MR) is 125 cm³/mol.